The molecule has 1 aromatic rings. The van der Waals surface area contributed by atoms with Crippen LogP contribution in [0.4, 0.5) is 0 Å². The second-order valence-corrected chi connectivity index (χ2v) is 7.28. The van der Waals surface area contributed by atoms with Crippen LogP contribution in [0.1, 0.15) is 29.5 Å². The Morgan fingerprint density at radius 2 is 2.20 bits per heavy atom. The molecule has 0 aliphatic carbocycles. The Morgan fingerprint density at radius 1 is 1.35 bits per heavy atom. The van der Waals surface area contributed by atoms with Gasteiger partial charge in [-0.15, -0.1) is 11.3 Å². The first-order valence-electron chi connectivity index (χ1n) is 7.87. The Kier molecular flexibility index (Phi) is 6.49. The van der Waals surface area contributed by atoms with Crippen molar-refractivity contribution in [3.05, 3.63) is 21.9 Å². The molecule has 2 rings (SSSR count). The van der Waals surface area contributed by atoms with E-state index in [1.54, 1.807) is 0 Å². The molecule has 1 N–H and O–H groups in total. The standard InChI is InChI=1S/C16H29N3S/c1-4-15-13-18(3)9-5-10-19(15)11-8-17-12-16-7-6-14(2)20-16/h6-7,15,17H,4-5,8-13H2,1-3H3. The van der Waals surface area contributed by atoms with Crippen molar-refractivity contribution >= 4 is 11.3 Å². The van der Waals surface area contributed by atoms with Crippen LogP contribution in [0.15, 0.2) is 12.1 Å². The van der Waals surface area contributed by atoms with Crippen molar-refractivity contribution in [3.63, 3.8) is 0 Å². The third-order valence-electron chi connectivity index (χ3n) is 4.17. The molecule has 1 aliphatic rings. The fourth-order valence-electron chi connectivity index (χ4n) is 2.99. The predicted octanol–water partition coefficient (Wildman–Crippen LogP) is 2.56. The lowest BCUT2D eigenvalue weighted by atomic mass is 10.2. The van der Waals surface area contributed by atoms with E-state index in [4.69, 9.17) is 0 Å². The van der Waals surface area contributed by atoms with Crippen molar-refractivity contribution in [2.75, 3.05) is 39.8 Å². The zero-order valence-corrected chi connectivity index (χ0v) is 14.0. The smallest absolute Gasteiger partial charge is 0.0300 e. The van der Waals surface area contributed by atoms with Gasteiger partial charge in [0, 0.05) is 42.0 Å². The molecule has 0 bridgehead atoms. The van der Waals surface area contributed by atoms with Gasteiger partial charge in [0.1, 0.15) is 0 Å². The molecule has 0 amide bonds. The molecule has 0 aromatic carbocycles. The average Bonchev–Trinajstić information content (AvgIpc) is 2.75. The maximum atomic E-state index is 3.59. The number of nitrogens with one attached hydrogen (secondary N) is 1. The number of hydrogen-bond donors (Lipinski definition) is 1. The first kappa shape index (κ1) is 16.0. The van der Waals surface area contributed by atoms with Gasteiger partial charge in [0.05, 0.1) is 0 Å². The summed E-state index contributed by atoms with van der Waals surface area (Å²) in [6.07, 6.45) is 2.56. The molecule has 0 saturated carbocycles. The number of rotatable bonds is 6. The summed E-state index contributed by atoms with van der Waals surface area (Å²) < 4.78 is 0. The Balaban J connectivity index is 1.71. The second-order valence-electron chi connectivity index (χ2n) is 5.90. The molecule has 1 saturated heterocycles. The van der Waals surface area contributed by atoms with Crippen molar-refractivity contribution in [2.45, 2.75) is 39.3 Å². The average molecular weight is 295 g/mol. The first-order chi connectivity index (χ1) is 9.69. The SMILES string of the molecule is CCC1CN(C)CCCN1CCNCc1ccc(C)s1. The van der Waals surface area contributed by atoms with E-state index < -0.39 is 0 Å². The van der Waals surface area contributed by atoms with E-state index in [1.807, 2.05) is 11.3 Å². The van der Waals surface area contributed by atoms with Crippen LogP contribution in [0, 0.1) is 6.92 Å². The summed E-state index contributed by atoms with van der Waals surface area (Å²) in [5.41, 5.74) is 0. The number of hydrogen-bond acceptors (Lipinski definition) is 4. The van der Waals surface area contributed by atoms with Crippen LogP contribution >= 0.6 is 11.3 Å². The lowest BCUT2D eigenvalue weighted by Gasteiger charge is -2.30. The van der Waals surface area contributed by atoms with E-state index in [0.29, 0.717) is 0 Å². The van der Waals surface area contributed by atoms with E-state index in [-0.39, 0.29) is 0 Å². The summed E-state index contributed by atoms with van der Waals surface area (Å²) in [4.78, 5) is 8.01. The minimum absolute atomic E-state index is 0.730. The molecule has 1 atom stereocenters. The summed E-state index contributed by atoms with van der Waals surface area (Å²) in [5, 5.41) is 3.59. The second kappa shape index (κ2) is 8.13. The van der Waals surface area contributed by atoms with E-state index in [9.17, 15) is 0 Å². The molecule has 114 valence electrons. The van der Waals surface area contributed by atoms with Gasteiger partial charge in [-0.25, -0.2) is 0 Å². The summed E-state index contributed by atoms with van der Waals surface area (Å²) in [6, 6.07) is 5.18. The Labute approximate surface area is 128 Å². The Bertz CT molecular complexity index is 391. The number of thiophene rings is 1. The van der Waals surface area contributed by atoms with Crippen LogP contribution in [-0.4, -0.2) is 55.6 Å². The summed E-state index contributed by atoms with van der Waals surface area (Å²) in [6.45, 7) is 11.5. The zero-order valence-electron chi connectivity index (χ0n) is 13.2. The van der Waals surface area contributed by atoms with Crippen LogP contribution in [0.3, 0.4) is 0 Å². The fraction of sp³-hybridized carbons (Fsp3) is 0.750. The summed E-state index contributed by atoms with van der Waals surface area (Å²) in [5.74, 6) is 0. The van der Waals surface area contributed by atoms with Gasteiger partial charge in [0.2, 0.25) is 0 Å². The third-order valence-corrected chi connectivity index (χ3v) is 5.17. The maximum absolute atomic E-state index is 3.59. The molecule has 3 nitrogen and oxygen atoms in total. The number of nitrogens with zero attached hydrogens (tertiary/aromatic N) is 2. The van der Waals surface area contributed by atoms with Crippen LogP contribution in [0.2, 0.25) is 0 Å². The van der Waals surface area contributed by atoms with Gasteiger partial charge in [0.25, 0.3) is 0 Å². The van der Waals surface area contributed by atoms with Gasteiger partial charge in [-0.2, -0.15) is 0 Å². The minimum Gasteiger partial charge on any atom is -0.311 e. The van der Waals surface area contributed by atoms with Crippen LogP contribution in [0.25, 0.3) is 0 Å². The van der Waals surface area contributed by atoms with Gasteiger partial charge in [0.15, 0.2) is 0 Å². The van der Waals surface area contributed by atoms with Crippen molar-refractivity contribution < 1.29 is 0 Å². The number of likely N-dealkylation sites (N-methyl/N-ethyl adjacent to an activating group) is 1. The van der Waals surface area contributed by atoms with Crippen molar-refractivity contribution in [1.82, 2.24) is 15.1 Å². The molecular formula is C16H29N3S. The Morgan fingerprint density at radius 3 is 2.90 bits per heavy atom. The van der Waals surface area contributed by atoms with Gasteiger partial charge in [-0.3, -0.25) is 4.90 Å². The zero-order chi connectivity index (χ0) is 14.4. The first-order valence-corrected chi connectivity index (χ1v) is 8.69. The van der Waals surface area contributed by atoms with Crippen LogP contribution in [-0.2, 0) is 6.54 Å². The van der Waals surface area contributed by atoms with Crippen molar-refractivity contribution in [3.8, 4) is 0 Å². The van der Waals surface area contributed by atoms with Gasteiger partial charge >= 0.3 is 0 Å². The van der Waals surface area contributed by atoms with E-state index in [2.05, 4.69) is 48.1 Å². The van der Waals surface area contributed by atoms with E-state index >= 15 is 0 Å². The van der Waals surface area contributed by atoms with Crippen LogP contribution in [0.5, 0.6) is 0 Å². The lowest BCUT2D eigenvalue weighted by molar-refractivity contribution is 0.184. The van der Waals surface area contributed by atoms with E-state index in [1.165, 1.54) is 48.8 Å². The summed E-state index contributed by atoms with van der Waals surface area (Å²) >= 11 is 1.90. The lowest BCUT2D eigenvalue weighted by Crippen LogP contribution is -2.42. The van der Waals surface area contributed by atoms with Gasteiger partial charge in [-0.1, -0.05) is 6.92 Å². The Hall–Kier alpha value is -0.420. The topological polar surface area (TPSA) is 18.5 Å². The molecule has 1 unspecified atom stereocenters. The maximum Gasteiger partial charge on any atom is 0.0300 e. The van der Waals surface area contributed by atoms with Crippen LogP contribution < -0.4 is 5.32 Å². The molecule has 4 heteroatoms. The predicted molar refractivity (Wildman–Crippen MR) is 88.5 cm³/mol. The number of aryl methyl sites for hydroxylation is 1. The highest BCUT2D eigenvalue weighted by Gasteiger charge is 2.21. The molecule has 1 fully saturated rings. The molecule has 20 heavy (non-hydrogen) atoms. The highest BCUT2D eigenvalue weighted by Crippen LogP contribution is 2.14. The largest absolute Gasteiger partial charge is 0.311 e. The van der Waals surface area contributed by atoms with Crippen molar-refractivity contribution in [2.24, 2.45) is 0 Å². The molecule has 1 aliphatic heterocycles. The van der Waals surface area contributed by atoms with Gasteiger partial charge in [-0.05, 0) is 52.0 Å². The monoisotopic (exact) mass is 295 g/mol. The van der Waals surface area contributed by atoms with E-state index in [0.717, 1.165) is 19.1 Å². The molecule has 1 aromatic heterocycles. The molecular weight excluding hydrogens is 266 g/mol. The highest BCUT2D eigenvalue weighted by atomic mass is 32.1. The van der Waals surface area contributed by atoms with Gasteiger partial charge < -0.3 is 10.2 Å². The van der Waals surface area contributed by atoms with Crippen molar-refractivity contribution in [1.29, 1.82) is 0 Å². The quantitative estimate of drug-likeness (QED) is 0.814. The normalized spacial score (nSPS) is 22.1. The molecule has 0 spiro atoms. The summed E-state index contributed by atoms with van der Waals surface area (Å²) in [7, 11) is 2.25. The highest BCUT2D eigenvalue weighted by molar-refractivity contribution is 7.11. The molecule has 0 radical (unpaired) electrons. The minimum atomic E-state index is 0.730. The fourth-order valence-corrected chi connectivity index (χ4v) is 3.85. The third kappa shape index (κ3) is 4.85. The molecule has 2 heterocycles.